The monoisotopic (exact) mass is 467 g/mol. The molecule has 0 saturated carbocycles. The molecule has 0 saturated heterocycles. The summed E-state index contributed by atoms with van der Waals surface area (Å²) in [6.07, 6.45) is 40.0. The van der Waals surface area contributed by atoms with E-state index in [-0.39, 0.29) is 0 Å². The third-order valence-electron chi connectivity index (χ3n) is 7.70. The lowest BCUT2D eigenvalue weighted by Gasteiger charge is -2.17. The molecule has 200 valence electrons. The second-order valence-electron chi connectivity index (χ2n) is 11.1. The largest absolute Gasteiger partial charge is 0.396 e. The maximum atomic E-state index is 8.85. The van der Waals surface area contributed by atoms with Crippen LogP contribution in [0.1, 0.15) is 194 Å². The Morgan fingerprint density at radius 3 is 0.848 bits per heavy atom. The summed E-state index contributed by atoms with van der Waals surface area (Å²) in [5, 5.41) is 8.85. The minimum absolute atomic E-state index is 0.374. The van der Waals surface area contributed by atoms with Gasteiger partial charge in [0.05, 0.1) is 0 Å². The van der Waals surface area contributed by atoms with Crippen LogP contribution in [0.4, 0.5) is 0 Å². The second-order valence-corrected chi connectivity index (χ2v) is 11.1. The van der Waals surface area contributed by atoms with Gasteiger partial charge in [-0.1, -0.05) is 187 Å². The molecule has 0 aromatic rings. The third kappa shape index (κ3) is 28.1. The van der Waals surface area contributed by atoms with Gasteiger partial charge in [-0.2, -0.15) is 0 Å². The van der Waals surface area contributed by atoms with E-state index < -0.39 is 0 Å². The molecule has 1 atom stereocenters. The standard InChI is InChI=1S/C32H66O/c1-3-5-7-9-11-12-14-17-21-25-29-32(28-24-20-10-8-6-4-2)30-26-22-18-15-13-16-19-23-27-31-33/h32-33H,3-31H2,1-2H3. The predicted molar refractivity (Wildman–Crippen MR) is 151 cm³/mol. The predicted octanol–water partition coefficient (Wildman–Crippen LogP) is 11.6. The normalized spacial score (nSPS) is 12.5. The maximum absolute atomic E-state index is 8.85. The summed E-state index contributed by atoms with van der Waals surface area (Å²) in [4.78, 5) is 0. The van der Waals surface area contributed by atoms with E-state index in [4.69, 9.17) is 5.11 Å². The average Bonchev–Trinajstić information content (AvgIpc) is 2.83. The number of rotatable bonds is 29. The van der Waals surface area contributed by atoms with Crippen LogP contribution in [0.5, 0.6) is 0 Å². The summed E-state index contributed by atoms with van der Waals surface area (Å²) in [6.45, 7) is 5.00. The zero-order valence-corrected chi connectivity index (χ0v) is 23.5. The van der Waals surface area contributed by atoms with Crippen molar-refractivity contribution >= 4 is 0 Å². The molecule has 33 heavy (non-hydrogen) atoms. The molecule has 0 aromatic carbocycles. The first kappa shape index (κ1) is 33.0. The molecule has 0 rings (SSSR count). The number of unbranched alkanes of at least 4 members (excludes halogenated alkanes) is 22. The highest BCUT2D eigenvalue weighted by atomic mass is 16.2. The number of hydrogen-bond donors (Lipinski definition) is 1. The van der Waals surface area contributed by atoms with Crippen molar-refractivity contribution < 1.29 is 5.11 Å². The molecule has 0 bridgehead atoms. The Bertz CT molecular complexity index is 302. The quantitative estimate of drug-likeness (QED) is 0.109. The first-order valence-corrected chi connectivity index (χ1v) is 16.0. The van der Waals surface area contributed by atoms with E-state index in [2.05, 4.69) is 13.8 Å². The lowest BCUT2D eigenvalue weighted by Crippen LogP contribution is -2.01. The van der Waals surface area contributed by atoms with Crippen molar-refractivity contribution in [2.24, 2.45) is 5.92 Å². The Hall–Kier alpha value is -0.0400. The van der Waals surface area contributed by atoms with Gasteiger partial charge in [0, 0.05) is 6.61 Å². The zero-order chi connectivity index (χ0) is 24.1. The van der Waals surface area contributed by atoms with Crippen molar-refractivity contribution in [3.8, 4) is 0 Å². The van der Waals surface area contributed by atoms with Gasteiger partial charge in [-0.25, -0.2) is 0 Å². The Labute approximate surface area is 211 Å². The van der Waals surface area contributed by atoms with Gasteiger partial charge in [-0.15, -0.1) is 0 Å². The molecule has 1 unspecified atom stereocenters. The molecular weight excluding hydrogens is 400 g/mol. The smallest absolute Gasteiger partial charge is 0.0431 e. The molecule has 0 amide bonds. The fourth-order valence-electron chi connectivity index (χ4n) is 5.35. The molecule has 0 heterocycles. The van der Waals surface area contributed by atoms with Crippen molar-refractivity contribution in [1.82, 2.24) is 0 Å². The van der Waals surface area contributed by atoms with E-state index in [0.717, 1.165) is 12.3 Å². The van der Waals surface area contributed by atoms with Gasteiger partial charge in [-0.3, -0.25) is 0 Å². The minimum Gasteiger partial charge on any atom is -0.396 e. The molecule has 0 aliphatic rings. The lowest BCUT2D eigenvalue weighted by molar-refractivity contribution is 0.282. The van der Waals surface area contributed by atoms with Gasteiger partial charge in [0.15, 0.2) is 0 Å². The molecule has 0 spiro atoms. The summed E-state index contributed by atoms with van der Waals surface area (Å²) in [7, 11) is 0. The van der Waals surface area contributed by atoms with Crippen LogP contribution in [0.3, 0.4) is 0 Å². The molecule has 0 aliphatic heterocycles. The van der Waals surface area contributed by atoms with Crippen molar-refractivity contribution in [3.63, 3.8) is 0 Å². The number of aliphatic hydroxyl groups excluding tert-OH is 1. The van der Waals surface area contributed by atoms with Gasteiger partial charge >= 0.3 is 0 Å². The summed E-state index contributed by atoms with van der Waals surface area (Å²) in [5.74, 6) is 1.02. The lowest BCUT2D eigenvalue weighted by atomic mass is 9.89. The summed E-state index contributed by atoms with van der Waals surface area (Å²) < 4.78 is 0. The molecule has 0 radical (unpaired) electrons. The van der Waals surface area contributed by atoms with Crippen LogP contribution >= 0.6 is 0 Å². The van der Waals surface area contributed by atoms with Crippen LogP contribution < -0.4 is 0 Å². The van der Waals surface area contributed by atoms with Gasteiger partial charge in [0.1, 0.15) is 0 Å². The van der Waals surface area contributed by atoms with E-state index >= 15 is 0 Å². The molecule has 1 N–H and O–H groups in total. The van der Waals surface area contributed by atoms with Crippen molar-refractivity contribution in [3.05, 3.63) is 0 Å². The zero-order valence-electron chi connectivity index (χ0n) is 23.5. The summed E-state index contributed by atoms with van der Waals surface area (Å²) in [5.41, 5.74) is 0. The Kier molecular flexibility index (Phi) is 30.0. The topological polar surface area (TPSA) is 20.2 Å². The van der Waals surface area contributed by atoms with Crippen LogP contribution in [-0.4, -0.2) is 11.7 Å². The fourth-order valence-corrected chi connectivity index (χ4v) is 5.35. The van der Waals surface area contributed by atoms with Crippen molar-refractivity contribution in [2.45, 2.75) is 194 Å². The third-order valence-corrected chi connectivity index (χ3v) is 7.70. The highest BCUT2D eigenvalue weighted by Crippen LogP contribution is 2.25. The number of hydrogen-bond acceptors (Lipinski definition) is 1. The van der Waals surface area contributed by atoms with Crippen LogP contribution in [0, 0.1) is 5.92 Å². The van der Waals surface area contributed by atoms with E-state index in [0.29, 0.717) is 6.61 Å². The minimum atomic E-state index is 0.374. The van der Waals surface area contributed by atoms with E-state index in [1.807, 2.05) is 0 Å². The fraction of sp³-hybridized carbons (Fsp3) is 1.00. The van der Waals surface area contributed by atoms with Gasteiger partial charge in [0.2, 0.25) is 0 Å². The molecule has 1 nitrogen and oxygen atoms in total. The SMILES string of the molecule is CCCCCCCCCCCCC(CCCCCCCC)CCCCCCCCCCCO. The molecular formula is C32H66O. The van der Waals surface area contributed by atoms with E-state index in [9.17, 15) is 0 Å². The molecule has 0 aromatic heterocycles. The van der Waals surface area contributed by atoms with Crippen LogP contribution in [0.15, 0.2) is 0 Å². The Balaban J connectivity index is 3.79. The van der Waals surface area contributed by atoms with Gasteiger partial charge < -0.3 is 5.11 Å². The van der Waals surface area contributed by atoms with Crippen molar-refractivity contribution in [1.29, 1.82) is 0 Å². The van der Waals surface area contributed by atoms with Gasteiger partial charge in [-0.05, 0) is 12.3 Å². The molecule has 0 aliphatic carbocycles. The molecule has 1 heteroatoms. The Morgan fingerprint density at radius 1 is 0.333 bits per heavy atom. The highest BCUT2D eigenvalue weighted by Gasteiger charge is 2.09. The number of aliphatic hydroxyl groups is 1. The average molecular weight is 467 g/mol. The first-order chi connectivity index (χ1) is 16.3. The van der Waals surface area contributed by atoms with Crippen molar-refractivity contribution in [2.75, 3.05) is 6.61 Å². The summed E-state index contributed by atoms with van der Waals surface area (Å²) >= 11 is 0. The second kappa shape index (κ2) is 30.0. The van der Waals surface area contributed by atoms with Crippen LogP contribution in [0.2, 0.25) is 0 Å². The highest BCUT2D eigenvalue weighted by molar-refractivity contribution is 4.62. The maximum Gasteiger partial charge on any atom is 0.0431 e. The first-order valence-electron chi connectivity index (χ1n) is 16.0. The van der Waals surface area contributed by atoms with E-state index in [1.165, 1.54) is 173 Å². The van der Waals surface area contributed by atoms with Crippen LogP contribution in [-0.2, 0) is 0 Å². The van der Waals surface area contributed by atoms with Gasteiger partial charge in [0.25, 0.3) is 0 Å². The van der Waals surface area contributed by atoms with Crippen LogP contribution in [0.25, 0.3) is 0 Å². The summed E-state index contributed by atoms with van der Waals surface area (Å²) in [6, 6.07) is 0. The Morgan fingerprint density at radius 2 is 0.576 bits per heavy atom. The van der Waals surface area contributed by atoms with E-state index in [1.54, 1.807) is 0 Å². The molecule has 0 fully saturated rings.